The topological polar surface area (TPSA) is 76.1 Å². The Balaban J connectivity index is 1.51. The van der Waals surface area contributed by atoms with Crippen LogP contribution in [0.15, 0.2) is 42.5 Å². The molecule has 1 heterocycles. The lowest BCUT2D eigenvalue weighted by molar-refractivity contribution is -0.141. The molecule has 0 spiro atoms. The number of nitrogens with zero attached hydrogens (tertiary/aromatic N) is 1. The van der Waals surface area contributed by atoms with Crippen LogP contribution in [-0.4, -0.2) is 48.2 Å². The highest BCUT2D eigenvalue weighted by molar-refractivity contribution is 5.86. The van der Waals surface area contributed by atoms with Crippen LogP contribution in [0.25, 0.3) is 0 Å². The molecule has 0 aliphatic carbocycles. The molecule has 1 unspecified atom stereocenters. The van der Waals surface area contributed by atoms with Crippen LogP contribution in [-0.2, 0) is 16.0 Å². The summed E-state index contributed by atoms with van der Waals surface area (Å²) in [5.41, 5.74) is 3.19. The average molecular weight is 397 g/mol. The highest BCUT2D eigenvalue weighted by atomic mass is 16.5. The molecule has 1 fully saturated rings. The molecular weight excluding hydrogens is 370 g/mol. The van der Waals surface area contributed by atoms with Crippen molar-refractivity contribution in [1.29, 1.82) is 0 Å². The lowest BCUT2D eigenvalue weighted by atomic mass is 10.1. The molecule has 0 bridgehead atoms. The number of benzene rings is 2. The Kier molecular flexibility index (Phi) is 6.75. The first-order chi connectivity index (χ1) is 14.0. The van der Waals surface area contributed by atoms with E-state index in [0.717, 1.165) is 28.2 Å². The van der Waals surface area contributed by atoms with Crippen molar-refractivity contribution in [3.05, 3.63) is 59.2 Å². The summed E-state index contributed by atoms with van der Waals surface area (Å²) >= 11 is 0. The van der Waals surface area contributed by atoms with Crippen molar-refractivity contribution in [2.24, 2.45) is 5.92 Å². The van der Waals surface area contributed by atoms with Gasteiger partial charge in [-0.25, -0.2) is 0 Å². The van der Waals surface area contributed by atoms with E-state index in [1.165, 1.54) is 0 Å². The van der Waals surface area contributed by atoms with Crippen LogP contribution in [0.5, 0.6) is 11.5 Å². The Morgan fingerprint density at radius 1 is 1.07 bits per heavy atom. The van der Waals surface area contributed by atoms with Gasteiger partial charge in [-0.3, -0.25) is 9.59 Å². The number of carboxylic acid groups (broad SMARTS) is 1. The minimum atomic E-state index is -0.909. The van der Waals surface area contributed by atoms with Gasteiger partial charge in [0.05, 0.1) is 5.92 Å². The quantitative estimate of drug-likeness (QED) is 0.658. The second-order valence-electron chi connectivity index (χ2n) is 7.35. The minimum absolute atomic E-state index is 0.0864. The molecule has 2 aromatic carbocycles. The number of rotatable bonds is 9. The molecule has 1 atom stereocenters. The molecule has 154 valence electrons. The number of carbonyl (C=O) groups excluding carboxylic acids is 1. The maximum atomic E-state index is 12.0. The number of amides is 1. The zero-order valence-corrected chi connectivity index (χ0v) is 16.9. The standard InChI is InChI=1S/C23H27NO5/c1-16-6-5-7-17(2)22(16)29-13-12-28-20-9-4-3-8-18(20)10-11-24-15-19(23(26)27)14-21(24)25/h3-9,19H,10-15H2,1-2H3,(H,26,27). The number of carboxylic acids is 1. The molecule has 1 saturated heterocycles. The van der Waals surface area contributed by atoms with Gasteiger partial charge in [0.15, 0.2) is 0 Å². The number of likely N-dealkylation sites (tertiary alicyclic amines) is 1. The average Bonchev–Trinajstić information content (AvgIpc) is 3.07. The van der Waals surface area contributed by atoms with Gasteiger partial charge >= 0.3 is 5.97 Å². The molecule has 0 saturated carbocycles. The Labute approximate surface area is 171 Å². The van der Waals surface area contributed by atoms with Gasteiger partial charge in [-0.2, -0.15) is 0 Å². The molecule has 0 aromatic heterocycles. The predicted molar refractivity (Wildman–Crippen MR) is 109 cm³/mol. The maximum Gasteiger partial charge on any atom is 0.308 e. The number of aliphatic carboxylic acids is 1. The van der Waals surface area contributed by atoms with Crippen molar-refractivity contribution in [1.82, 2.24) is 4.90 Å². The first kappa shape index (κ1) is 20.7. The number of hydrogen-bond acceptors (Lipinski definition) is 4. The maximum absolute atomic E-state index is 12.0. The molecule has 1 aliphatic heterocycles. The third-order valence-corrected chi connectivity index (χ3v) is 5.18. The lowest BCUT2D eigenvalue weighted by Crippen LogP contribution is -2.28. The van der Waals surface area contributed by atoms with E-state index in [-0.39, 0.29) is 18.9 Å². The van der Waals surface area contributed by atoms with E-state index in [0.29, 0.717) is 26.2 Å². The van der Waals surface area contributed by atoms with E-state index in [1.807, 2.05) is 56.3 Å². The third-order valence-electron chi connectivity index (χ3n) is 5.18. The fourth-order valence-electron chi connectivity index (χ4n) is 3.58. The Bertz CT molecular complexity index is 859. The van der Waals surface area contributed by atoms with Crippen molar-refractivity contribution in [2.45, 2.75) is 26.7 Å². The van der Waals surface area contributed by atoms with E-state index in [4.69, 9.17) is 14.6 Å². The van der Waals surface area contributed by atoms with E-state index < -0.39 is 11.9 Å². The van der Waals surface area contributed by atoms with Crippen molar-refractivity contribution in [3.63, 3.8) is 0 Å². The van der Waals surface area contributed by atoms with Crippen LogP contribution in [0.1, 0.15) is 23.1 Å². The monoisotopic (exact) mass is 397 g/mol. The van der Waals surface area contributed by atoms with Crippen LogP contribution in [0.3, 0.4) is 0 Å². The third kappa shape index (κ3) is 5.28. The SMILES string of the molecule is Cc1cccc(C)c1OCCOc1ccccc1CCN1CC(C(=O)O)CC1=O. The fourth-order valence-corrected chi connectivity index (χ4v) is 3.58. The van der Waals surface area contributed by atoms with E-state index in [2.05, 4.69) is 0 Å². The number of hydrogen-bond donors (Lipinski definition) is 1. The molecule has 0 radical (unpaired) electrons. The van der Waals surface area contributed by atoms with Crippen LogP contribution in [0, 0.1) is 19.8 Å². The first-order valence-electron chi connectivity index (χ1n) is 9.86. The van der Waals surface area contributed by atoms with Gasteiger partial charge in [0.1, 0.15) is 24.7 Å². The first-order valence-corrected chi connectivity index (χ1v) is 9.86. The van der Waals surface area contributed by atoms with E-state index in [1.54, 1.807) is 4.90 Å². The van der Waals surface area contributed by atoms with Gasteiger partial charge in [0.2, 0.25) is 5.91 Å². The normalized spacial score (nSPS) is 16.1. The minimum Gasteiger partial charge on any atom is -0.490 e. The molecule has 29 heavy (non-hydrogen) atoms. The fraction of sp³-hybridized carbons (Fsp3) is 0.391. The van der Waals surface area contributed by atoms with Crippen molar-refractivity contribution in [2.75, 3.05) is 26.3 Å². The Morgan fingerprint density at radius 3 is 2.45 bits per heavy atom. The summed E-state index contributed by atoms with van der Waals surface area (Å²) in [5, 5.41) is 9.10. The molecule has 3 rings (SSSR count). The van der Waals surface area contributed by atoms with Crippen molar-refractivity contribution >= 4 is 11.9 Å². The molecular formula is C23H27NO5. The lowest BCUT2D eigenvalue weighted by Gasteiger charge is -2.18. The molecule has 1 amide bonds. The van der Waals surface area contributed by atoms with Crippen LogP contribution in [0.2, 0.25) is 0 Å². The van der Waals surface area contributed by atoms with E-state index in [9.17, 15) is 9.59 Å². The predicted octanol–water partition coefficient (Wildman–Crippen LogP) is 3.24. The number of ether oxygens (including phenoxy) is 2. The summed E-state index contributed by atoms with van der Waals surface area (Å²) in [5.74, 6) is 0.0475. The van der Waals surface area contributed by atoms with Gasteiger partial charge in [-0.05, 0) is 43.0 Å². The number of para-hydroxylation sites is 2. The highest BCUT2D eigenvalue weighted by Crippen LogP contribution is 2.24. The number of carbonyl (C=O) groups is 2. The number of aryl methyl sites for hydroxylation is 2. The molecule has 2 aromatic rings. The molecule has 1 aliphatic rings. The molecule has 1 N–H and O–H groups in total. The molecule has 6 nitrogen and oxygen atoms in total. The van der Waals surface area contributed by atoms with E-state index >= 15 is 0 Å². The van der Waals surface area contributed by atoms with Gasteiger partial charge in [-0.1, -0.05) is 36.4 Å². The summed E-state index contributed by atoms with van der Waals surface area (Å²) < 4.78 is 11.8. The van der Waals surface area contributed by atoms with Gasteiger partial charge in [-0.15, -0.1) is 0 Å². The Hall–Kier alpha value is -3.02. The Morgan fingerprint density at radius 2 is 1.76 bits per heavy atom. The van der Waals surface area contributed by atoms with Crippen molar-refractivity contribution < 1.29 is 24.2 Å². The summed E-state index contributed by atoms with van der Waals surface area (Å²) in [6.07, 6.45) is 0.704. The summed E-state index contributed by atoms with van der Waals surface area (Å²) in [6.45, 7) is 5.66. The second-order valence-corrected chi connectivity index (χ2v) is 7.35. The summed E-state index contributed by atoms with van der Waals surface area (Å²) in [6, 6.07) is 13.8. The van der Waals surface area contributed by atoms with Crippen molar-refractivity contribution in [3.8, 4) is 11.5 Å². The van der Waals surface area contributed by atoms with Gasteiger partial charge < -0.3 is 19.5 Å². The summed E-state index contributed by atoms with van der Waals surface area (Å²) in [4.78, 5) is 24.7. The molecule has 6 heteroatoms. The van der Waals surface area contributed by atoms with Crippen LogP contribution < -0.4 is 9.47 Å². The van der Waals surface area contributed by atoms with Gasteiger partial charge in [0.25, 0.3) is 0 Å². The smallest absolute Gasteiger partial charge is 0.308 e. The summed E-state index contributed by atoms with van der Waals surface area (Å²) in [7, 11) is 0. The van der Waals surface area contributed by atoms with Crippen LogP contribution >= 0.6 is 0 Å². The van der Waals surface area contributed by atoms with Gasteiger partial charge in [0, 0.05) is 19.5 Å². The van der Waals surface area contributed by atoms with Crippen LogP contribution in [0.4, 0.5) is 0 Å². The second kappa shape index (κ2) is 9.45. The highest BCUT2D eigenvalue weighted by Gasteiger charge is 2.33. The zero-order valence-electron chi connectivity index (χ0n) is 16.9. The zero-order chi connectivity index (χ0) is 20.8. The largest absolute Gasteiger partial charge is 0.490 e.